The summed E-state index contributed by atoms with van der Waals surface area (Å²) in [7, 11) is 3.95. The van der Waals surface area contributed by atoms with Crippen molar-refractivity contribution in [2.75, 3.05) is 20.6 Å². The Hall–Kier alpha value is -0.530. The van der Waals surface area contributed by atoms with Gasteiger partial charge < -0.3 is 4.90 Å². The summed E-state index contributed by atoms with van der Waals surface area (Å²) in [6.45, 7) is 5.19. The van der Waals surface area contributed by atoms with Gasteiger partial charge in [0.05, 0.1) is 5.84 Å². The van der Waals surface area contributed by atoms with Gasteiger partial charge in [-0.25, -0.2) is 0 Å². The maximum Gasteiger partial charge on any atom is 0.0983 e. The highest BCUT2D eigenvalue weighted by Gasteiger charge is 2.11. The van der Waals surface area contributed by atoms with Crippen molar-refractivity contribution in [3.8, 4) is 0 Å². The monoisotopic (exact) mass is 142 g/mol. The topological polar surface area (TPSA) is 15.6 Å². The minimum atomic E-state index is 1.17. The van der Waals surface area contributed by atoms with Gasteiger partial charge in [0, 0.05) is 27.1 Å². The van der Waals surface area contributed by atoms with E-state index in [-0.39, 0.29) is 0 Å². The van der Waals surface area contributed by atoms with E-state index in [2.05, 4.69) is 16.9 Å². The van der Waals surface area contributed by atoms with Crippen molar-refractivity contribution < 1.29 is 0 Å². The van der Waals surface area contributed by atoms with Gasteiger partial charge in [0.1, 0.15) is 0 Å². The first-order valence-electron chi connectivity index (χ1n) is 4.01. The summed E-state index contributed by atoms with van der Waals surface area (Å²) in [6, 6.07) is 0. The highest BCUT2D eigenvalue weighted by Crippen LogP contribution is 2.07. The highest BCUT2D eigenvalue weighted by atomic mass is 15.2. The van der Waals surface area contributed by atoms with E-state index in [1.807, 2.05) is 20.9 Å². The van der Waals surface area contributed by atoms with Crippen LogP contribution in [0.25, 0.3) is 0 Å². The van der Waals surface area contributed by atoms with Crippen molar-refractivity contribution in [1.29, 1.82) is 0 Å². The lowest BCUT2D eigenvalue weighted by Crippen LogP contribution is -2.18. The molecule has 1 heterocycles. The number of amidine groups is 1. The lowest BCUT2D eigenvalue weighted by atomic mass is 10.4. The van der Waals surface area contributed by atoms with Crippen LogP contribution in [0.4, 0.5) is 0 Å². The van der Waals surface area contributed by atoms with E-state index in [0.29, 0.717) is 0 Å². The molecule has 0 unspecified atom stereocenters. The van der Waals surface area contributed by atoms with Crippen molar-refractivity contribution in [3.05, 3.63) is 0 Å². The van der Waals surface area contributed by atoms with Crippen molar-refractivity contribution in [1.82, 2.24) is 4.90 Å². The van der Waals surface area contributed by atoms with Crippen LogP contribution in [0.2, 0.25) is 0 Å². The normalized spacial score (nSPS) is 20.8. The van der Waals surface area contributed by atoms with E-state index in [4.69, 9.17) is 0 Å². The third-order valence-electron chi connectivity index (χ3n) is 1.59. The van der Waals surface area contributed by atoms with Gasteiger partial charge in [-0.1, -0.05) is 13.8 Å². The zero-order chi connectivity index (χ0) is 7.98. The van der Waals surface area contributed by atoms with Gasteiger partial charge in [-0.15, -0.1) is 0 Å². The van der Waals surface area contributed by atoms with E-state index in [1.54, 1.807) is 0 Å². The smallest absolute Gasteiger partial charge is 0.0983 e. The number of nitrogens with zero attached hydrogens (tertiary/aromatic N) is 2. The van der Waals surface area contributed by atoms with Gasteiger partial charge in [-0.05, 0) is 6.42 Å². The fourth-order valence-electron chi connectivity index (χ4n) is 1.08. The van der Waals surface area contributed by atoms with Crippen LogP contribution >= 0.6 is 0 Å². The quantitative estimate of drug-likeness (QED) is 0.503. The van der Waals surface area contributed by atoms with E-state index >= 15 is 0 Å². The van der Waals surface area contributed by atoms with Crippen LogP contribution in [0.1, 0.15) is 26.7 Å². The van der Waals surface area contributed by atoms with Crippen molar-refractivity contribution in [2.45, 2.75) is 26.7 Å². The molecule has 1 fully saturated rings. The van der Waals surface area contributed by atoms with Crippen LogP contribution in [-0.4, -0.2) is 31.4 Å². The Kier molecular flexibility index (Phi) is 4.99. The summed E-state index contributed by atoms with van der Waals surface area (Å²) in [5.74, 6) is 1.25. The molecule has 1 saturated heterocycles. The largest absolute Gasteiger partial charge is 0.363 e. The molecule has 0 aromatic heterocycles. The van der Waals surface area contributed by atoms with E-state index in [0.717, 1.165) is 0 Å². The van der Waals surface area contributed by atoms with Gasteiger partial charge in [0.2, 0.25) is 0 Å². The van der Waals surface area contributed by atoms with Gasteiger partial charge in [-0.2, -0.15) is 0 Å². The van der Waals surface area contributed by atoms with Crippen LogP contribution < -0.4 is 0 Å². The minimum Gasteiger partial charge on any atom is -0.363 e. The van der Waals surface area contributed by atoms with Crippen LogP contribution in [0.3, 0.4) is 0 Å². The number of rotatable bonds is 0. The maximum absolute atomic E-state index is 4.11. The maximum atomic E-state index is 4.11. The molecular weight excluding hydrogens is 124 g/mol. The van der Waals surface area contributed by atoms with E-state index in [1.165, 1.54) is 25.2 Å². The van der Waals surface area contributed by atoms with Gasteiger partial charge in [0.15, 0.2) is 0 Å². The molecule has 0 bridgehead atoms. The van der Waals surface area contributed by atoms with E-state index in [9.17, 15) is 0 Å². The summed E-state index contributed by atoms with van der Waals surface area (Å²) in [5.41, 5.74) is 0. The number of hydrogen-bond donors (Lipinski definition) is 0. The minimum absolute atomic E-state index is 1.17. The lowest BCUT2D eigenvalue weighted by molar-refractivity contribution is 0.549. The Bertz CT molecular complexity index is 108. The number of hydrogen-bond acceptors (Lipinski definition) is 1. The Balaban J connectivity index is 0.000000371. The first-order valence-corrected chi connectivity index (χ1v) is 4.01. The molecule has 2 nitrogen and oxygen atoms in total. The molecule has 0 atom stereocenters. The predicted molar refractivity (Wildman–Crippen MR) is 46.6 cm³/mol. The Labute approximate surface area is 63.9 Å². The fraction of sp³-hybridized carbons (Fsp3) is 0.875. The summed E-state index contributed by atoms with van der Waals surface area (Å²) < 4.78 is 0. The molecule has 60 valence electrons. The number of likely N-dealkylation sites (tertiary alicyclic amines) is 1. The third kappa shape index (κ3) is 2.38. The van der Waals surface area contributed by atoms with Crippen LogP contribution in [0.5, 0.6) is 0 Å². The molecule has 10 heavy (non-hydrogen) atoms. The van der Waals surface area contributed by atoms with Gasteiger partial charge in [0.25, 0.3) is 0 Å². The average molecular weight is 142 g/mol. The molecule has 1 aliphatic heterocycles. The Morgan fingerprint density at radius 3 is 2.20 bits per heavy atom. The van der Waals surface area contributed by atoms with Crippen LogP contribution in [-0.2, 0) is 0 Å². The second-order valence-electron chi connectivity index (χ2n) is 2.16. The first kappa shape index (κ1) is 9.47. The molecule has 0 aliphatic carbocycles. The third-order valence-corrected chi connectivity index (χ3v) is 1.59. The molecule has 1 rings (SSSR count). The number of aliphatic imine (C=N–C) groups is 1. The summed E-state index contributed by atoms with van der Waals surface area (Å²) in [5, 5.41) is 0. The SMILES string of the molecule is CC.CN=C1CCCN1C. The summed E-state index contributed by atoms with van der Waals surface area (Å²) in [4.78, 5) is 6.32. The average Bonchev–Trinajstić information content (AvgIpc) is 2.39. The Morgan fingerprint density at radius 1 is 1.40 bits per heavy atom. The predicted octanol–water partition coefficient (Wildman–Crippen LogP) is 1.77. The van der Waals surface area contributed by atoms with Crippen molar-refractivity contribution in [2.24, 2.45) is 4.99 Å². The Morgan fingerprint density at radius 2 is 2.00 bits per heavy atom. The van der Waals surface area contributed by atoms with Gasteiger partial charge >= 0.3 is 0 Å². The summed E-state index contributed by atoms with van der Waals surface area (Å²) in [6.07, 6.45) is 2.45. The molecule has 0 spiro atoms. The lowest BCUT2D eigenvalue weighted by Gasteiger charge is -2.08. The fourth-order valence-corrected chi connectivity index (χ4v) is 1.08. The molecule has 0 amide bonds. The molecule has 2 heteroatoms. The highest BCUT2D eigenvalue weighted by molar-refractivity contribution is 5.83. The molecule has 0 aromatic carbocycles. The standard InChI is InChI=1S/C6H12N2.C2H6/c1-7-6-4-3-5-8(6)2;1-2/h3-5H2,1-2H3;1-2H3. The molecule has 1 aliphatic rings. The van der Waals surface area contributed by atoms with Crippen LogP contribution in [0, 0.1) is 0 Å². The van der Waals surface area contributed by atoms with E-state index < -0.39 is 0 Å². The first-order chi connectivity index (χ1) is 4.84. The molecule has 0 radical (unpaired) electrons. The van der Waals surface area contributed by atoms with Crippen molar-refractivity contribution >= 4 is 5.84 Å². The molecule has 0 aromatic rings. The molecular formula is C8H18N2. The molecule has 0 saturated carbocycles. The second kappa shape index (κ2) is 5.27. The zero-order valence-electron chi connectivity index (χ0n) is 7.52. The zero-order valence-corrected chi connectivity index (χ0v) is 7.52. The summed E-state index contributed by atoms with van der Waals surface area (Å²) >= 11 is 0. The van der Waals surface area contributed by atoms with Crippen molar-refractivity contribution in [3.63, 3.8) is 0 Å². The van der Waals surface area contributed by atoms with Crippen LogP contribution in [0.15, 0.2) is 4.99 Å². The molecule has 0 N–H and O–H groups in total. The van der Waals surface area contributed by atoms with Gasteiger partial charge in [-0.3, -0.25) is 4.99 Å². The second-order valence-corrected chi connectivity index (χ2v) is 2.16.